The Morgan fingerprint density at radius 2 is 2.00 bits per heavy atom. The number of hydrogen-bond donors (Lipinski definition) is 2. The molecule has 0 bridgehead atoms. The maximum absolute atomic E-state index is 6.14. The summed E-state index contributed by atoms with van der Waals surface area (Å²) in [6.45, 7) is 3.70. The van der Waals surface area contributed by atoms with Crippen molar-refractivity contribution in [2.45, 2.75) is 26.2 Å². The van der Waals surface area contributed by atoms with Crippen LogP contribution in [0, 0.1) is 0 Å². The molecule has 7 heteroatoms. The molecule has 2 N–H and O–H groups in total. The number of halogens is 2. The van der Waals surface area contributed by atoms with Gasteiger partial charge in [0.2, 0.25) is 5.95 Å². The zero-order chi connectivity index (χ0) is 15.8. The molecule has 2 rings (SSSR count). The predicted octanol–water partition coefficient (Wildman–Crippen LogP) is 4.05. The van der Waals surface area contributed by atoms with Crippen molar-refractivity contribution in [2.75, 3.05) is 23.7 Å². The minimum Gasteiger partial charge on any atom is -0.369 e. The molecule has 0 unspecified atom stereocenters. The highest BCUT2D eigenvalue weighted by Crippen LogP contribution is 2.21. The van der Waals surface area contributed by atoms with Crippen LogP contribution in [-0.4, -0.2) is 28.3 Å². The molecule has 22 heavy (non-hydrogen) atoms. The van der Waals surface area contributed by atoms with E-state index in [0.29, 0.717) is 22.5 Å². The van der Waals surface area contributed by atoms with Crippen molar-refractivity contribution in [2.24, 2.45) is 0 Å². The van der Waals surface area contributed by atoms with Crippen molar-refractivity contribution in [1.29, 1.82) is 0 Å². The summed E-state index contributed by atoms with van der Waals surface area (Å²) in [6.07, 6.45) is 4.62. The maximum atomic E-state index is 6.14. The molecule has 0 aliphatic heterocycles. The van der Waals surface area contributed by atoms with Crippen molar-refractivity contribution in [3.8, 4) is 0 Å². The maximum Gasteiger partial charge on any atom is 0.244 e. The second kappa shape index (κ2) is 8.76. The van der Waals surface area contributed by atoms with E-state index in [-0.39, 0.29) is 0 Å². The van der Waals surface area contributed by atoms with Gasteiger partial charge in [-0.3, -0.25) is 0 Å². The first-order valence-electron chi connectivity index (χ1n) is 7.30. The highest BCUT2D eigenvalue weighted by atomic mass is 35.5. The lowest BCUT2D eigenvalue weighted by Gasteiger charge is -2.08. The van der Waals surface area contributed by atoms with Crippen LogP contribution < -0.4 is 10.6 Å². The van der Waals surface area contributed by atoms with Gasteiger partial charge in [-0.25, -0.2) is 0 Å². The summed E-state index contributed by atoms with van der Waals surface area (Å²) < 4.78 is 0. The molecular weight excluding hydrogens is 321 g/mol. The molecule has 0 radical (unpaired) electrons. The fourth-order valence-corrected chi connectivity index (χ4v) is 2.39. The molecule has 5 nitrogen and oxygen atoms in total. The van der Waals surface area contributed by atoms with E-state index in [1.807, 2.05) is 12.1 Å². The fourth-order valence-electron chi connectivity index (χ4n) is 1.89. The van der Waals surface area contributed by atoms with Gasteiger partial charge in [0.25, 0.3) is 0 Å². The van der Waals surface area contributed by atoms with Gasteiger partial charge in [0.05, 0.1) is 6.20 Å². The van der Waals surface area contributed by atoms with Gasteiger partial charge in [-0.1, -0.05) is 42.6 Å². The number of rotatable bonds is 8. The summed E-state index contributed by atoms with van der Waals surface area (Å²) in [7, 11) is 0. The average molecular weight is 340 g/mol. The van der Waals surface area contributed by atoms with Gasteiger partial charge < -0.3 is 10.6 Å². The molecule has 1 aromatic carbocycles. The fraction of sp³-hybridized carbons (Fsp3) is 0.400. The Morgan fingerprint density at radius 3 is 2.77 bits per heavy atom. The van der Waals surface area contributed by atoms with Crippen molar-refractivity contribution in [3.63, 3.8) is 0 Å². The number of hydrogen-bond acceptors (Lipinski definition) is 5. The third-order valence-corrected chi connectivity index (χ3v) is 3.67. The summed E-state index contributed by atoms with van der Waals surface area (Å²) in [5.74, 6) is 1.24. The Bertz CT molecular complexity index is 606. The summed E-state index contributed by atoms with van der Waals surface area (Å²) >= 11 is 12.0. The van der Waals surface area contributed by atoms with Crippen LogP contribution >= 0.6 is 23.2 Å². The van der Waals surface area contributed by atoms with Gasteiger partial charge in [0, 0.05) is 23.1 Å². The Balaban J connectivity index is 1.84. The van der Waals surface area contributed by atoms with Crippen molar-refractivity contribution in [3.05, 3.63) is 40.0 Å². The van der Waals surface area contributed by atoms with Gasteiger partial charge >= 0.3 is 0 Å². The van der Waals surface area contributed by atoms with E-state index in [0.717, 1.165) is 37.2 Å². The van der Waals surface area contributed by atoms with Crippen LogP contribution in [0.25, 0.3) is 0 Å². The minimum atomic E-state index is 0.506. The molecule has 0 amide bonds. The highest BCUT2D eigenvalue weighted by molar-refractivity contribution is 6.35. The molecule has 0 aliphatic carbocycles. The standard InChI is InChI=1S/C15H19Cl2N5/c1-2-3-7-18-14-10-20-22-15(21-14)19-8-6-11-4-5-12(16)9-13(11)17/h4-5,9-10H,2-3,6-8H2,1H3,(H2,18,19,21,22). The van der Waals surface area contributed by atoms with E-state index in [2.05, 4.69) is 32.7 Å². The van der Waals surface area contributed by atoms with Crippen LogP contribution in [0.3, 0.4) is 0 Å². The lowest BCUT2D eigenvalue weighted by atomic mass is 10.1. The van der Waals surface area contributed by atoms with Crippen LogP contribution in [0.4, 0.5) is 11.8 Å². The van der Waals surface area contributed by atoms with Crippen molar-refractivity contribution in [1.82, 2.24) is 15.2 Å². The van der Waals surface area contributed by atoms with Gasteiger partial charge in [0.15, 0.2) is 0 Å². The normalized spacial score (nSPS) is 10.5. The minimum absolute atomic E-state index is 0.506. The SMILES string of the molecule is CCCCNc1cnnc(NCCc2ccc(Cl)cc2Cl)n1. The van der Waals surface area contributed by atoms with Crippen molar-refractivity contribution >= 4 is 35.0 Å². The first-order chi connectivity index (χ1) is 10.7. The van der Waals surface area contributed by atoms with Crippen LogP contribution in [0.5, 0.6) is 0 Å². The summed E-state index contributed by atoms with van der Waals surface area (Å²) in [4.78, 5) is 4.36. The summed E-state index contributed by atoms with van der Waals surface area (Å²) in [5, 5.41) is 15.6. The van der Waals surface area contributed by atoms with E-state index in [4.69, 9.17) is 23.2 Å². The van der Waals surface area contributed by atoms with Gasteiger partial charge in [-0.2, -0.15) is 10.1 Å². The van der Waals surface area contributed by atoms with Crippen LogP contribution in [-0.2, 0) is 6.42 Å². The Hall–Kier alpha value is -1.59. The molecular formula is C15H19Cl2N5. The highest BCUT2D eigenvalue weighted by Gasteiger charge is 2.03. The number of anilines is 2. The molecule has 0 atom stereocenters. The second-order valence-corrected chi connectivity index (χ2v) is 5.70. The van der Waals surface area contributed by atoms with E-state index in [9.17, 15) is 0 Å². The first kappa shape index (κ1) is 16.8. The first-order valence-corrected chi connectivity index (χ1v) is 8.06. The van der Waals surface area contributed by atoms with Gasteiger partial charge in [-0.05, 0) is 30.5 Å². The van der Waals surface area contributed by atoms with Crippen LogP contribution in [0.15, 0.2) is 24.4 Å². The number of nitrogens with one attached hydrogen (secondary N) is 2. The van der Waals surface area contributed by atoms with Crippen LogP contribution in [0.1, 0.15) is 25.3 Å². The van der Waals surface area contributed by atoms with Crippen LogP contribution in [0.2, 0.25) is 10.0 Å². The molecule has 1 aromatic heterocycles. The van der Waals surface area contributed by atoms with Crippen molar-refractivity contribution < 1.29 is 0 Å². The zero-order valence-electron chi connectivity index (χ0n) is 12.4. The third kappa shape index (κ3) is 5.31. The van der Waals surface area contributed by atoms with E-state index >= 15 is 0 Å². The third-order valence-electron chi connectivity index (χ3n) is 3.09. The molecule has 0 saturated carbocycles. The molecule has 118 valence electrons. The Labute approximate surface area is 140 Å². The zero-order valence-corrected chi connectivity index (χ0v) is 14.0. The van der Waals surface area contributed by atoms with Gasteiger partial charge in [0.1, 0.15) is 5.82 Å². The van der Waals surface area contributed by atoms with Gasteiger partial charge in [-0.15, -0.1) is 5.10 Å². The van der Waals surface area contributed by atoms with E-state index < -0.39 is 0 Å². The molecule has 0 fully saturated rings. The topological polar surface area (TPSA) is 62.7 Å². The largest absolute Gasteiger partial charge is 0.369 e. The van der Waals surface area contributed by atoms with E-state index in [1.165, 1.54) is 0 Å². The Morgan fingerprint density at radius 1 is 1.14 bits per heavy atom. The predicted molar refractivity (Wildman–Crippen MR) is 91.9 cm³/mol. The lowest BCUT2D eigenvalue weighted by molar-refractivity contribution is 0.826. The average Bonchev–Trinajstić information content (AvgIpc) is 2.50. The smallest absolute Gasteiger partial charge is 0.244 e. The molecule has 0 saturated heterocycles. The van der Waals surface area contributed by atoms with E-state index in [1.54, 1.807) is 12.3 Å². The number of aromatic nitrogens is 3. The molecule has 1 heterocycles. The lowest BCUT2D eigenvalue weighted by Crippen LogP contribution is -2.11. The summed E-state index contributed by atoms with van der Waals surface area (Å²) in [6, 6.07) is 5.50. The number of unbranched alkanes of at least 4 members (excludes halogenated alkanes) is 1. The molecule has 0 spiro atoms. The monoisotopic (exact) mass is 339 g/mol. The molecule has 0 aliphatic rings. The molecule has 2 aromatic rings. The Kier molecular flexibility index (Phi) is 6.68. The summed E-state index contributed by atoms with van der Waals surface area (Å²) in [5.41, 5.74) is 1.03. The number of benzene rings is 1. The quantitative estimate of drug-likeness (QED) is 0.710. The second-order valence-electron chi connectivity index (χ2n) is 4.86. The number of nitrogens with zero attached hydrogens (tertiary/aromatic N) is 3.